The van der Waals surface area contributed by atoms with E-state index in [1.807, 2.05) is 37.5 Å². The molecule has 1 fully saturated rings. The van der Waals surface area contributed by atoms with Gasteiger partial charge in [-0.15, -0.1) is 12.4 Å². The molecule has 1 aromatic heterocycles. The van der Waals surface area contributed by atoms with Gasteiger partial charge < -0.3 is 19.7 Å². The monoisotopic (exact) mass is 470 g/mol. The van der Waals surface area contributed by atoms with E-state index in [0.29, 0.717) is 13.1 Å². The first-order valence-electron chi connectivity index (χ1n) is 10.8. The minimum Gasteiger partial charge on any atom is -0.347 e. The first-order valence-corrected chi connectivity index (χ1v) is 10.8. The maximum Gasteiger partial charge on any atom is 0.270 e. The fourth-order valence-corrected chi connectivity index (χ4v) is 3.97. The number of nitrogens with one attached hydrogen (secondary N) is 1. The van der Waals surface area contributed by atoms with Gasteiger partial charge in [0.15, 0.2) is 0 Å². The zero-order valence-electron chi connectivity index (χ0n) is 18.8. The van der Waals surface area contributed by atoms with Crippen molar-refractivity contribution in [1.82, 2.24) is 19.7 Å². The van der Waals surface area contributed by atoms with E-state index in [4.69, 9.17) is 0 Å². The second-order valence-electron chi connectivity index (χ2n) is 7.98. The van der Waals surface area contributed by atoms with Crippen molar-refractivity contribution >= 4 is 41.2 Å². The van der Waals surface area contributed by atoms with Crippen LogP contribution in [0.3, 0.4) is 0 Å². The lowest BCUT2D eigenvalue weighted by Crippen LogP contribution is -2.49. The molecule has 0 unspecified atom stereocenters. The smallest absolute Gasteiger partial charge is 0.270 e. The molecule has 33 heavy (non-hydrogen) atoms. The highest BCUT2D eigenvalue weighted by molar-refractivity contribution is 6.06. The van der Waals surface area contributed by atoms with Crippen LogP contribution in [0, 0.1) is 5.82 Å². The summed E-state index contributed by atoms with van der Waals surface area (Å²) in [5, 5.41) is 3.68. The van der Waals surface area contributed by atoms with E-state index in [2.05, 4.69) is 21.7 Å². The van der Waals surface area contributed by atoms with Gasteiger partial charge in [-0.05, 0) is 38.2 Å². The number of halogens is 2. The molecular formula is C25H28ClFN4O2. The van der Waals surface area contributed by atoms with Crippen molar-refractivity contribution in [1.29, 1.82) is 0 Å². The van der Waals surface area contributed by atoms with Gasteiger partial charge in [0.2, 0.25) is 0 Å². The lowest BCUT2D eigenvalue weighted by atomic mass is 10.1. The van der Waals surface area contributed by atoms with E-state index < -0.39 is 11.7 Å². The summed E-state index contributed by atoms with van der Waals surface area (Å²) in [6, 6.07) is 13.7. The number of para-hydroxylation sites is 1. The van der Waals surface area contributed by atoms with Crippen LogP contribution < -0.4 is 5.32 Å². The Kier molecular flexibility index (Phi) is 7.89. The number of aromatic nitrogens is 1. The molecule has 1 saturated heterocycles. The minimum atomic E-state index is -0.643. The summed E-state index contributed by atoms with van der Waals surface area (Å²) >= 11 is 0. The molecule has 8 heteroatoms. The van der Waals surface area contributed by atoms with E-state index in [0.717, 1.165) is 36.1 Å². The van der Waals surface area contributed by atoms with Crippen LogP contribution in [0.4, 0.5) is 4.39 Å². The first-order chi connectivity index (χ1) is 15.5. The number of hydrogen-bond acceptors (Lipinski definition) is 3. The quantitative estimate of drug-likeness (QED) is 0.577. The summed E-state index contributed by atoms with van der Waals surface area (Å²) in [6.07, 6.45) is 3.67. The lowest BCUT2D eigenvalue weighted by Gasteiger charge is -2.33. The average molecular weight is 471 g/mol. The number of rotatable bonds is 5. The average Bonchev–Trinajstić information content (AvgIpc) is 3.16. The summed E-state index contributed by atoms with van der Waals surface area (Å²) in [7, 11) is 2.01. The van der Waals surface area contributed by atoms with Crippen molar-refractivity contribution in [3.8, 4) is 0 Å². The Morgan fingerprint density at radius 2 is 1.70 bits per heavy atom. The molecule has 6 nitrogen and oxygen atoms in total. The van der Waals surface area contributed by atoms with Gasteiger partial charge in [-0.3, -0.25) is 9.59 Å². The van der Waals surface area contributed by atoms with Crippen LogP contribution in [0.1, 0.15) is 22.8 Å². The van der Waals surface area contributed by atoms with Gasteiger partial charge >= 0.3 is 0 Å². The van der Waals surface area contributed by atoms with E-state index in [1.54, 1.807) is 17.0 Å². The van der Waals surface area contributed by atoms with Crippen LogP contribution >= 0.6 is 12.4 Å². The molecular weight excluding hydrogens is 443 g/mol. The van der Waals surface area contributed by atoms with E-state index in [9.17, 15) is 14.0 Å². The van der Waals surface area contributed by atoms with Crippen LogP contribution in [-0.4, -0.2) is 59.4 Å². The number of piperazine rings is 1. The number of fused-ring (bicyclic) bond motifs is 1. The summed E-state index contributed by atoms with van der Waals surface area (Å²) in [4.78, 5) is 30.1. The molecule has 0 bridgehead atoms. The van der Waals surface area contributed by atoms with Crippen LogP contribution in [-0.2, 0) is 11.3 Å². The molecule has 2 aromatic carbocycles. The van der Waals surface area contributed by atoms with Gasteiger partial charge in [0, 0.05) is 55.4 Å². The predicted molar refractivity (Wildman–Crippen MR) is 131 cm³/mol. The third kappa shape index (κ3) is 5.26. The van der Waals surface area contributed by atoms with Crippen LogP contribution in [0.5, 0.6) is 0 Å². The molecule has 0 saturated carbocycles. The second kappa shape index (κ2) is 10.6. The first kappa shape index (κ1) is 24.5. The molecule has 4 rings (SSSR count). The van der Waals surface area contributed by atoms with Gasteiger partial charge in [-0.25, -0.2) is 4.39 Å². The molecule has 3 aromatic rings. The fraction of sp³-hybridized carbons (Fsp3) is 0.280. The Morgan fingerprint density at radius 3 is 2.39 bits per heavy atom. The number of amides is 2. The van der Waals surface area contributed by atoms with Gasteiger partial charge in [-0.2, -0.15) is 0 Å². The number of nitrogens with zero attached hydrogens (tertiary/aromatic N) is 3. The second-order valence-corrected chi connectivity index (χ2v) is 7.98. The fourth-order valence-electron chi connectivity index (χ4n) is 3.97. The molecule has 1 aliphatic heterocycles. The third-order valence-electron chi connectivity index (χ3n) is 5.85. The molecule has 0 radical (unpaired) electrons. The summed E-state index contributed by atoms with van der Waals surface area (Å²) in [6.45, 7) is 5.48. The highest BCUT2D eigenvalue weighted by Gasteiger charge is 2.25. The summed E-state index contributed by atoms with van der Waals surface area (Å²) in [5.74, 6) is -1.54. The number of likely N-dealkylation sites (N-methyl/N-ethyl adjacent to an activating group) is 1. The third-order valence-corrected chi connectivity index (χ3v) is 5.85. The largest absolute Gasteiger partial charge is 0.347 e. The number of carbonyl (C=O) groups is 2. The van der Waals surface area contributed by atoms with E-state index in [-0.39, 0.29) is 29.6 Å². The maximum absolute atomic E-state index is 14.2. The van der Waals surface area contributed by atoms with Crippen LogP contribution in [0.25, 0.3) is 17.0 Å². The maximum atomic E-state index is 14.2. The van der Waals surface area contributed by atoms with Crippen LogP contribution in [0.2, 0.25) is 0 Å². The van der Waals surface area contributed by atoms with Crippen molar-refractivity contribution in [3.63, 3.8) is 0 Å². The van der Waals surface area contributed by atoms with Crippen molar-refractivity contribution < 1.29 is 14.0 Å². The number of hydrogen-bond donors (Lipinski definition) is 1. The normalized spacial score (nSPS) is 14.8. The standard InChI is InChI=1S/C25H27FN4O2.ClH/c1-3-29-17-18(19-8-5-7-11-23(19)29)16-22(25(32)30-14-12-28(2)13-15-30)27-24(31)20-9-4-6-10-21(20)26;/h4-11,16-17H,3,12-15H2,1-2H3,(H,27,31);1H. The van der Waals surface area contributed by atoms with Crippen molar-refractivity contribution in [2.75, 3.05) is 33.2 Å². The van der Waals surface area contributed by atoms with Gasteiger partial charge in [0.25, 0.3) is 11.8 Å². The lowest BCUT2D eigenvalue weighted by molar-refractivity contribution is -0.128. The van der Waals surface area contributed by atoms with Crippen LogP contribution in [0.15, 0.2) is 60.4 Å². The Bertz CT molecular complexity index is 1180. The van der Waals surface area contributed by atoms with E-state index in [1.165, 1.54) is 18.2 Å². The number of aryl methyl sites for hydroxylation is 1. The highest BCUT2D eigenvalue weighted by atomic mass is 35.5. The predicted octanol–water partition coefficient (Wildman–Crippen LogP) is 3.77. The van der Waals surface area contributed by atoms with Crippen molar-refractivity contribution in [2.45, 2.75) is 13.5 Å². The Labute approximate surface area is 199 Å². The van der Waals surface area contributed by atoms with Gasteiger partial charge in [0.05, 0.1) is 5.56 Å². The number of carbonyl (C=O) groups excluding carboxylic acids is 2. The molecule has 1 N–H and O–H groups in total. The Balaban J connectivity index is 0.00000306. The van der Waals surface area contributed by atoms with Gasteiger partial charge in [0.1, 0.15) is 11.5 Å². The molecule has 1 aliphatic rings. The molecule has 174 valence electrons. The zero-order chi connectivity index (χ0) is 22.7. The molecule has 2 heterocycles. The van der Waals surface area contributed by atoms with E-state index >= 15 is 0 Å². The topological polar surface area (TPSA) is 57.6 Å². The van der Waals surface area contributed by atoms with Gasteiger partial charge in [-0.1, -0.05) is 30.3 Å². The number of benzene rings is 2. The summed E-state index contributed by atoms with van der Waals surface area (Å²) in [5.41, 5.74) is 1.92. The Hall–Kier alpha value is -3.16. The molecule has 0 aliphatic carbocycles. The molecule has 2 amide bonds. The summed E-state index contributed by atoms with van der Waals surface area (Å²) < 4.78 is 16.3. The van der Waals surface area contributed by atoms with Crippen molar-refractivity contribution in [3.05, 3.63) is 77.4 Å². The SMILES string of the molecule is CCn1cc(C=C(NC(=O)c2ccccc2F)C(=O)N2CCN(C)CC2)c2ccccc21.Cl. The van der Waals surface area contributed by atoms with Crippen molar-refractivity contribution in [2.24, 2.45) is 0 Å². The Morgan fingerprint density at radius 1 is 1.03 bits per heavy atom. The molecule has 0 spiro atoms. The highest BCUT2D eigenvalue weighted by Crippen LogP contribution is 2.24. The zero-order valence-corrected chi connectivity index (χ0v) is 19.6. The minimum absolute atomic E-state index is 0. The molecule has 0 atom stereocenters.